The third-order valence-electron chi connectivity index (χ3n) is 2.79. The Kier molecular flexibility index (Phi) is 3.85. The Morgan fingerprint density at radius 2 is 1.85 bits per heavy atom. The van der Waals surface area contributed by atoms with E-state index in [0.29, 0.717) is 12.2 Å². The molecular weight excluding hydrogens is 267 g/mol. The van der Waals surface area contributed by atoms with Gasteiger partial charge in [0.05, 0.1) is 17.7 Å². The first-order chi connectivity index (χ1) is 9.29. The van der Waals surface area contributed by atoms with E-state index < -0.39 is 17.5 Å². The summed E-state index contributed by atoms with van der Waals surface area (Å²) in [7, 11) is 0. The van der Waals surface area contributed by atoms with Gasteiger partial charge in [-0.1, -0.05) is 0 Å². The monoisotopic (exact) mass is 283 g/mol. The molecular formula is C14H16F3N3. The van der Waals surface area contributed by atoms with E-state index in [0.717, 1.165) is 6.07 Å². The van der Waals surface area contributed by atoms with Gasteiger partial charge in [-0.25, -0.2) is 18.2 Å². The fourth-order valence-corrected chi connectivity index (χ4v) is 1.73. The Morgan fingerprint density at radius 1 is 1.15 bits per heavy atom. The summed E-state index contributed by atoms with van der Waals surface area (Å²) in [5, 5.41) is 3.23. The van der Waals surface area contributed by atoms with Crippen molar-refractivity contribution in [3.05, 3.63) is 47.8 Å². The number of hydrogen-bond donors (Lipinski definition) is 1. The minimum absolute atomic E-state index is 0.0629. The van der Waals surface area contributed by atoms with Crippen LogP contribution in [0.4, 0.5) is 13.2 Å². The van der Waals surface area contributed by atoms with Crippen LogP contribution in [0.25, 0.3) is 5.69 Å². The average molecular weight is 283 g/mol. The Balaban J connectivity index is 2.35. The van der Waals surface area contributed by atoms with Crippen LogP contribution in [0, 0.1) is 17.5 Å². The Morgan fingerprint density at radius 3 is 2.50 bits per heavy atom. The van der Waals surface area contributed by atoms with E-state index in [4.69, 9.17) is 0 Å². The van der Waals surface area contributed by atoms with Crippen molar-refractivity contribution in [1.29, 1.82) is 0 Å². The molecule has 2 rings (SSSR count). The first-order valence-electron chi connectivity index (χ1n) is 6.20. The van der Waals surface area contributed by atoms with Crippen molar-refractivity contribution in [1.82, 2.24) is 14.9 Å². The second kappa shape index (κ2) is 5.28. The highest BCUT2D eigenvalue weighted by Crippen LogP contribution is 2.20. The number of benzene rings is 1. The van der Waals surface area contributed by atoms with Gasteiger partial charge < -0.3 is 5.32 Å². The van der Waals surface area contributed by atoms with Gasteiger partial charge in [-0.15, -0.1) is 0 Å². The van der Waals surface area contributed by atoms with Gasteiger partial charge in [-0.3, -0.25) is 4.57 Å². The normalized spacial score (nSPS) is 11.9. The molecule has 0 bridgehead atoms. The number of nitrogens with zero attached hydrogens (tertiary/aromatic N) is 2. The van der Waals surface area contributed by atoms with Crippen LogP contribution in [-0.4, -0.2) is 15.1 Å². The van der Waals surface area contributed by atoms with Crippen LogP contribution in [-0.2, 0) is 6.54 Å². The molecule has 0 spiro atoms. The van der Waals surface area contributed by atoms with Crippen LogP contribution >= 0.6 is 0 Å². The molecule has 20 heavy (non-hydrogen) atoms. The molecule has 0 radical (unpaired) electrons. The largest absolute Gasteiger partial charge is 0.306 e. The summed E-state index contributed by atoms with van der Waals surface area (Å²) in [5.74, 6) is -3.91. The maximum Gasteiger partial charge on any atom is 0.196 e. The quantitative estimate of drug-likeness (QED) is 0.877. The number of nitrogens with one attached hydrogen (secondary N) is 1. The van der Waals surface area contributed by atoms with Crippen molar-refractivity contribution < 1.29 is 13.2 Å². The van der Waals surface area contributed by atoms with Gasteiger partial charge in [0.15, 0.2) is 17.5 Å². The molecule has 0 amide bonds. The third kappa shape index (κ3) is 3.01. The van der Waals surface area contributed by atoms with Gasteiger partial charge in [-0.2, -0.15) is 0 Å². The molecule has 0 saturated heterocycles. The number of halogens is 3. The zero-order valence-corrected chi connectivity index (χ0v) is 11.5. The number of hydrogen-bond acceptors (Lipinski definition) is 2. The molecule has 0 unspecified atom stereocenters. The van der Waals surface area contributed by atoms with E-state index in [9.17, 15) is 13.2 Å². The predicted octanol–water partition coefficient (Wildman–Crippen LogP) is 3.18. The molecule has 108 valence electrons. The summed E-state index contributed by atoms with van der Waals surface area (Å²) in [5.41, 5.74) is 0.471. The third-order valence-corrected chi connectivity index (χ3v) is 2.79. The minimum Gasteiger partial charge on any atom is -0.306 e. The molecule has 0 fully saturated rings. The summed E-state index contributed by atoms with van der Waals surface area (Å²) < 4.78 is 41.4. The highest BCUT2D eigenvalue weighted by molar-refractivity contribution is 5.36. The van der Waals surface area contributed by atoms with Crippen molar-refractivity contribution >= 4 is 0 Å². The number of imidazole rings is 1. The van der Waals surface area contributed by atoms with E-state index in [2.05, 4.69) is 10.3 Å². The topological polar surface area (TPSA) is 29.9 Å². The predicted molar refractivity (Wildman–Crippen MR) is 70.0 cm³/mol. The molecule has 0 saturated carbocycles. The van der Waals surface area contributed by atoms with Gasteiger partial charge in [-0.05, 0) is 32.9 Å². The van der Waals surface area contributed by atoms with Gasteiger partial charge in [0.2, 0.25) is 0 Å². The lowest BCUT2D eigenvalue weighted by molar-refractivity contribution is 0.418. The minimum atomic E-state index is -1.48. The lowest BCUT2D eigenvalue weighted by atomic mass is 10.1. The summed E-state index contributed by atoms with van der Waals surface area (Å²) in [6.07, 6.45) is 2.93. The van der Waals surface area contributed by atoms with E-state index in [-0.39, 0.29) is 11.2 Å². The second-order valence-electron chi connectivity index (χ2n) is 5.55. The fraction of sp³-hybridized carbons (Fsp3) is 0.357. The highest BCUT2D eigenvalue weighted by atomic mass is 19.2. The van der Waals surface area contributed by atoms with E-state index in [1.807, 2.05) is 20.8 Å². The maximum absolute atomic E-state index is 13.8. The van der Waals surface area contributed by atoms with Crippen molar-refractivity contribution in [3.8, 4) is 5.69 Å². The first kappa shape index (κ1) is 14.6. The zero-order valence-electron chi connectivity index (χ0n) is 11.5. The van der Waals surface area contributed by atoms with Crippen LogP contribution in [0.1, 0.15) is 26.5 Å². The lowest BCUT2D eigenvalue weighted by Gasteiger charge is -2.21. The molecule has 0 aliphatic rings. The lowest BCUT2D eigenvalue weighted by Crippen LogP contribution is -2.35. The zero-order chi connectivity index (χ0) is 14.9. The van der Waals surface area contributed by atoms with Gasteiger partial charge in [0.1, 0.15) is 0 Å². The van der Waals surface area contributed by atoms with Crippen molar-refractivity contribution in [2.45, 2.75) is 32.9 Å². The smallest absolute Gasteiger partial charge is 0.196 e. The molecule has 6 heteroatoms. The standard InChI is InChI=1S/C14H16F3N3/c1-14(2,3)19-7-9-6-18-8-20(9)11-5-4-10(15)12(16)13(11)17/h4-6,8,19H,7H2,1-3H3. The molecule has 0 aliphatic heterocycles. The molecule has 3 nitrogen and oxygen atoms in total. The van der Waals surface area contributed by atoms with E-state index >= 15 is 0 Å². The maximum atomic E-state index is 13.8. The Labute approximate surface area is 115 Å². The SMILES string of the molecule is CC(C)(C)NCc1cncn1-c1ccc(F)c(F)c1F. The Bertz CT molecular complexity index is 615. The van der Waals surface area contributed by atoms with Crippen LogP contribution in [0.5, 0.6) is 0 Å². The average Bonchev–Trinajstić information content (AvgIpc) is 2.81. The molecule has 0 aliphatic carbocycles. The van der Waals surface area contributed by atoms with E-state index in [1.54, 1.807) is 6.20 Å². The molecule has 1 aromatic heterocycles. The molecule has 1 N–H and O–H groups in total. The summed E-state index contributed by atoms with van der Waals surface area (Å²) in [4.78, 5) is 3.93. The highest BCUT2D eigenvalue weighted by Gasteiger charge is 2.17. The number of aromatic nitrogens is 2. The summed E-state index contributed by atoms with van der Waals surface area (Å²) in [6, 6.07) is 2.09. The van der Waals surface area contributed by atoms with Crippen molar-refractivity contribution in [3.63, 3.8) is 0 Å². The van der Waals surface area contributed by atoms with Crippen LogP contribution in [0.3, 0.4) is 0 Å². The Hall–Kier alpha value is -1.82. The van der Waals surface area contributed by atoms with Crippen LogP contribution in [0.2, 0.25) is 0 Å². The molecule has 1 heterocycles. The second-order valence-corrected chi connectivity index (χ2v) is 5.55. The van der Waals surface area contributed by atoms with Crippen molar-refractivity contribution in [2.75, 3.05) is 0 Å². The van der Waals surface area contributed by atoms with Gasteiger partial charge >= 0.3 is 0 Å². The number of rotatable bonds is 3. The van der Waals surface area contributed by atoms with Gasteiger partial charge in [0, 0.05) is 18.3 Å². The van der Waals surface area contributed by atoms with Crippen LogP contribution < -0.4 is 5.32 Å². The fourth-order valence-electron chi connectivity index (χ4n) is 1.73. The van der Waals surface area contributed by atoms with Gasteiger partial charge in [0.25, 0.3) is 0 Å². The summed E-state index contributed by atoms with van der Waals surface area (Å²) >= 11 is 0. The summed E-state index contributed by atoms with van der Waals surface area (Å²) in [6.45, 7) is 6.41. The molecule has 1 aromatic carbocycles. The molecule has 0 atom stereocenters. The van der Waals surface area contributed by atoms with Crippen LogP contribution in [0.15, 0.2) is 24.7 Å². The van der Waals surface area contributed by atoms with E-state index in [1.165, 1.54) is 17.0 Å². The first-order valence-corrected chi connectivity index (χ1v) is 6.20. The van der Waals surface area contributed by atoms with Crippen molar-refractivity contribution in [2.24, 2.45) is 0 Å². The molecule has 2 aromatic rings.